The molecule has 0 radical (unpaired) electrons. The van der Waals surface area contributed by atoms with Crippen molar-refractivity contribution in [1.82, 2.24) is 0 Å². The number of aryl methyl sites for hydroxylation is 1. The molecule has 2 rings (SSSR count). The fourth-order valence-corrected chi connectivity index (χ4v) is 3.62. The Morgan fingerprint density at radius 3 is 2.57 bits per heavy atom. The molecule has 1 aliphatic heterocycles. The van der Waals surface area contributed by atoms with E-state index in [1.165, 1.54) is 32.5 Å². The summed E-state index contributed by atoms with van der Waals surface area (Å²) in [6.07, 6.45) is 3.79. The molecular formula is C18H29ClNO+. The molecular weight excluding hydrogens is 282 g/mol. The van der Waals surface area contributed by atoms with Crippen LogP contribution in [0.3, 0.4) is 0 Å². The van der Waals surface area contributed by atoms with E-state index in [0.29, 0.717) is 0 Å². The predicted molar refractivity (Wildman–Crippen MR) is 89.4 cm³/mol. The molecule has 21 heavy (non-hydrogen) atoms. The number of likely N-dealkylation sites (tertiary alicyclic amines) is 1. The molecule has 1 fully saturated rings. The lowest BCUT2D eigenvalue weighted by Crippen LogP contribution is -3.14. The standard InChI is InChI=1S/C18H28ClNO/c1-14-10-15(2)13-20(12-14)8-4-5-9-21-17-6-7-18(19)16(3)11-17/h6-7,11,14-15H,4-5,8-10,12-13H2,1-3H3/p+1/t14-,15-/m1/s1. The first-order valence-corrected chi connectivity index (χ1v) is 8.65. The van der Waals surface area contributed by atoms with Gasteiger partial charge in [0.25, 0.3) is 0 Å². The van der Waals surface area contributed by atoms with Gasteiger partial charge in [-0.1, -0.05) is 25.4 Å². The summed E-state index contributed by atoms with van der Waals surface area (Å²) in [5.74, 6) is 2.71. The van der Waals surface area contributed by atoms with E-state index in [4.69, 9.17) is 16.3 Å². The average molecular weight is 311 g/mol. The number of hydrogen-bond donors (Lipinski definition) is 1. The molecule has 0 saturated carbocycles. The van der Waals surface area contributed by atoms with Crippen LogP contribution in [0.25, 0.3) is 0 Å². The third-order valence-electron chi connectivity index (χ3n) is 4.40. The van der Waals surface area contributed by atoms with Gasteiger partial charge in [-0.25, -0.2) is 0 Å². The molecule has 1 aliphatic rings. The largest absolute Gasteiger partial charge is 0.494 e. The Bertz CT molecular complexity index is 439. The normalized spacial score (nSPS) is 25.8. The zero-order valence-corrected chi connectivity index (χ0v) is 14.4. The number of quaternary nitrogens is 1. The fraction of sp³-hybridized carbons (Fsp3) is 0.667. The monoisotopic (exact) mass is 310 g/mol. The van der Waals surface area contributed by atoms with Gasteiger partial charge in [0.2, 0.25) is 0 Å². The van der Waals surface area contributed by atoms with Crippen LogP contribution in [0.5, 0.6) is 5.75 Å². The van der Waals surface area contributed by atoms with Gasteiger partial charge in [-0.3, -0.25) is 0 Å². The highest BCUT2D eigenvalue weighted by Gasteiger charge is 2.24. The van der Waals surface area contributed by atoms with Crippen LogP contribution >= 0.6 is 11.6 Å². The molecule has 2 atom stereocenters. The molecule has 2 nitrogen and oxygen atoms in total. The number of ether oxygens (including phenoxy) is 1. The molecule has 1 N–H and O–H groups in total. The first kappa shape index (κ1) is 16.6. The Kier molecular flexibility index (Phi) is 6.38. The van der Waals surface area contributed by atoms with Crippen LogP contribution < -0.4 is 9.64 Å². The van der Waals surface area contributed by atoms with E-state index in [1.54, 1.807) is 4.90 Å². The summed E-state index contributed by atoms with van der Waals surface area (Å²) in [5, 5.41) is 0.805. The highest BCUT2D eigenvalue weighted by atomic mass is 35.5. The van der Waals surface area contributed by atoms with Crippen molar-refractivity contribution in [2.45, 2.75) is 40.0 Å². The van der Waals surface area contributed by atoms with Crippen LogP contribution in [-0.4, -0.2) is 26.2 Å². The van der Waals surface area contributed by atoms with Gasteiger partial charge in [-0.2, -0.15) is 0 Å². The maximum Gasteiger partial charge on any atom is 0.119 e. The maximum absolute atomic E-state index is 6.02. The van der Waals surface area contributed by atoms with E-state index in [0.717, 1.165) is 41.2 Å². The van der Waals surface area contributed by atoms with Gasteiger partial charge in [0, 0.05) is 16.9 Å². The molecule has 1 aromatic carbocycles. The predicted octanol–water partition coefficient (Wildman–Crippen LogP) is 3.37. The Morgan fingerprint density at radius 2 is 1.90 bits per heavy atom. The fourth-order valence-electron chi connectivity index (χ4n) is 3.50. The molecule has 1 saturated heterocycles. The minimum atomic E-state index is 0.805. The number of hydrogen-bond acceptors (Lipinski definition) is 1. The summed E-state index contributed by atoms with van der Waals surface area (Å²) in [6.45, 7) is 11.6. The number of piperidine rings is 1. The Balaban J connectivity index is 1.62. The zero-order valence-electron chi connectivity index (χ0n) is 13.6. The number of unbranched alkanes of at least 4 members (excludes halogenated alkanes) is 1. The van der Waals surface area contributed by atoms with Crippen molar-refractivity contribution in [1.29, 1.82) is 0 Å². The van der Waals surface area contributed by atoms with E-state index in [1.807, 2.05) is 25.1 Å². The minimum absolute atomic E-state index is 0.805. The molecule has 0 aromatic heterocycles. The minimum Gasteiger partial charge on any atom is -0.494 e. The van der Waals surface area contributed by atoms with Gasteiger partial charge >= 0.3 is 0 Å². The van der Waals surface area contributed by atoms with Gasteiger partial charge in [-0.05, 0) is 49.9 Å². The highest BCUT2D eigenvalue weighted by Crippen LogP contribution is 2.21. The summed E-state index contributed by atoms with van der Waals surface area (Å²) in [5.41, 5.74) is 1.08. The van der Waals surface area contributed by atoms with Crippen molar-refractivity contribution in [3.8, 4) is 5.75 Å². The average Bonchev–Trinajstić information content (AvgIpc) is 2.41. The number of benzene rings is 1. The van der Waals surface area contributed by atoms with Crippen molar-refractivity contribution >= 4 is 11.6 Å². The van der Waals surface area contributed by atoms with Gasteiger partial charge in [0.15, 0.2) is 0 Å². The van der Waals surface area contributed by atoms with Crippen LogP contribution in [-0.2, 0) is 0 Å². The summed E-state index contributed by atoms with van der Waals surface area (Å²) in [7, 11) is 0. The van der Waals surface area contributed by atoms with Gasteiger partial charge in [0.05, 0.1) is 26.2 Å². The van der Waals surface area contributed by atoms with E-state index >= 15 is 0 Å². The molecule has 3 heteroatoms. The number of nitrogens with one attached hydrogen (secondary N) is 1. The van der Waals surface area contributed by atoms with Crippen LogP contribution in [0.1, 0.15) is 38.7 Å². The Hall–Kier alpha value is -0.730. The Morgan fingerprint density at radius 1 is 1.19 bits per heavy atom. The van der Waals surface area contributed by atoms with Crippen molar-refractivity contribution in [3.63, 3.8) is 0 Å². The van der Waals surface area contributed by atoms with Crippen molar-refractivity contribution in [2.24, 2.45) is 11.8 Å². The molecule has 0 bridgehead atoms. The maximum atomic E-state index is 6.02. The van der Waals surface area contributed by atoms with E-state index < -0.39 is 0 Å². The topological polar surface area (TPSA) is 13.7 Å². The molecule has 0 unspecified atom stereocenters. The molecule has 118 valence electrons. The summed E-state index contributed by atoms with van der Waals surface area (Å²) >= 11 is 6.02. The van der Waals surface area contributed by atoms with E-state index in [2.05, 4.69) is 13.8 Å². The summed E-state index contributed by atoms with van der Waals surface area (Å²) in [6, 6.07) is 5.88. The molecule has 0 aliphatic carbocycles. The number of rotatable bonds is 6. The first-order valence-electron chi connectivity index (χ1n) is 8.27. The van der Waals surface area contributed by atoms with Crippen molar-refractivity contribution < 1.29 is 9.64 Å². The number of halogens is 1. The van der Waals surface area contributed by atoms with Crippen molar-refractivity contribution in [3.05, 3.63) is 28.8 Å². The van der Waals surface area contributed by atoms with E-state index in [-0.39, 0.29) is 0 Å². The van der Waals surface area contributed by atoms with Gasteiger partial charge in [0.1, 0.15) is 5.75 Å². The second kappa shape index (κ2) is 8.05. The molecule has 0 spiro atoms. The lowest BCUT2D eigenvalue weighted by Gasteiger charge is -2.32. The van der Waals surface area contributed by atoms with Crippen molar-refractivity contribution in [2.75, 3.05) is 26.2 Å². The van der Waals surface area contributed by atoms with Gasteiger partial charge in [-0.15, -0.1) is 0 Å². The molecule has 1 aromatic rings. The summed E-state index contributed by atoms with van der Waals surface area (Å²) < 4.78 is 5.81. The van der Waals surface area contributed by atoms with Crippen LogP contribution in [0, 0.1) is 18.8 Å². The van der Waals surface area contributed by atoms with E-state index in [9.17, 15) is 0 Å². The van der Waals surface area contributed by atoms with Crippen LogP contribution in [0.15, 0.2) is 18.2 Å². The smallest absolute Gasteiger partial charge is 0.119 e. The third kappa shape index (κ3) is 5.52. The highest BCUT2D eigenvalue weighted by molar-refractivity contribution is 6.31. The second-order valence-corrected chi connectivity index (χ2v) is 7.23. The zero-order chi connectivity index (χ0) is 15.2. The summed E-state index contributed by atoms with van der Waals surface area (Å²) in [4.78, 5) is 1.78. The lowest BCUT2D eigenvalue weighted by atomic mass is 9.92. The second-order valence-electron chi connectivity index (χ2n) is 6.82. The first-order chi connectivity index (χ1) is 10.0. The van der Waals surface area contributed by atoms with Gasteiger partial charge < -0.3 is 9.64 Å². The molecule has 0 amide bonds. The quantitative estimate of drug-likeness (QED) is 0.795. The van der Waals surface area contributed by atoms with Crippen LogP contribution in [0.4, 0.5) is 0 Å². The van der Waals surface area contributed by atoms with Crippen LogP contribution in [0.2, 0.25) is 5.02 Å². The lowest BCUT2D eigenvalue weighted by molar-refractivity contribution is -0.912. The Labute approximate surface area is 134 Å². The molecule has 1 heterocycles. The third-order valence-corrected chi connectivity index (χ3v) is 4.83. The SMILES string of the molecule is Cc1cc(OCCCC[NH+]2C[C@H](C)C[C@@H](C)C2)ccc1Cl.